The van der Waals surface area contributed by atoms with Crippen LogP contribution in [-0.4, -0.2) is 16.2 Å². The topological polar surface area (TPSA) is 66.8 Å². The molecule has 0 aliphatic rings. The van der Waals surface area contributed by atoms with E-state index in [1.54, 1.807) is 0 Å². The maximum Gasteiger partial charge on any atom is 0.311 e. The van der Waals surface area contributed by atoms with E-state index >= 15 is 0 Å². The first kappa shape index (κ1) is 21.3. The lowest BCUT2D eigenvalue weighted by atomic mass is 10.0. The number of aromatic hydroxyl groups is 2. The van der Waals surface area contributed by atoms with Crippen molar-refractivity contribution < 1.29 is 19.7 Å². The number of carbonyl (C=O) groups excluding carboxylic acids is 1. The van der Waals surface area contributed by atoms with Gasteiger partial charge in [0, 0.05) is 12.5 Å². The Labute approximate surface area is 152 Å². The van der Waals surface area contributed by atoms with E-state index < -0.39 is 0 Å². The molecule has 1 aromatic carbocycles. The highest BCUT2D eigenvalue weighted by Gasteiger charge is 2.07. The third kappa shape index (κ3) is 10.7. The van der Waals surface area contributed by atoms with E-state index in [0.29, 0.717) is 6.42 Å². The number of carbonyl (C=O) groups is 1. The van der Waals surface area contributed by atoms with Crippen LogP contribution in [-0.2, 0) is 4.79 Å². The van der Waals surface area contributed by atoms with Gasteiger partial charge in [-0.3, -0.25) is 4.79 Å². The molecule has 1 aromatic rings. The fourth-order valence-corrected chi connectivity index (χ4v) is 2.86. The fourth-order valence-electron chi connectivity index (χ4n) is 2.86. The summed E-state index contributed by atoms with van der Waals surface area (Å²) in [6, 6.07) is 4.02. The smallest absolute Gasteiger partial charge is 0.311 e. The van der Waals surface area contributed by atoms with Gasteiger partial charge in [-0.1, -0.05) is 77.6 Å². The summed E-state index contributed by atoms with van der Waals surface area (Å²) < 4.78 is 5.14. The fraction of sp³-hybridized carbons (Fsp3) is 0.667. The van der Waals surface area contributed by atoms with Gasteiger partial charge in [-0.05, 0) is 18.6 Å². The Hall–Kier alpha value is -1.71. The van der Waals surface area contributed by atoms with E-state index in [1.807, 2.05) is 0 Å². The van der Waals surface area contributed by atoms with Gasteiger partial charge in [0.15, 0.2) is 11.5 Å². The molecule has 4 nitrogen and oxygen atoms in total. The summed E-state index contributed by atoms with van der Waals surface area (Å²) in [4.78, 5) is 11.7. The zero-order valence-electron chi connectivity index (χ0n) is 15.6. The maximum atomic E-state index is 11.7. The normalized spacial score (nSPS) is 10.8. The molecule has 2 N–H and O–H groups in total. The van der Waals surface area contributed by atoms with Crippen LogP contribution in [0.1, 0.15) is 90.4 Å². The minimum absolute atomic E-state index is 0.222. The van der Waals surface area contributed by atoms with Crippen LogP contribution in [0.2, 0.25) is 0 Å². The number of hydrogen-bond acceptors (Lipinski definition) is 4. The summed E-state index contributed by atoms with van der Waals surface area (Å²) in [5.41, 5.74) is 0. The lowest BCUT2D eigenvalue weighted by Gasteiger charge is -2.06. The summed E-state index contributed by atoms with van der Waals surface area (Å²) in [5, 5.41) is 18.6. The largest absolute Gasteiger partial charge is 0.504 e. The molecule has 0 aliphatic carbocycles. The molecule has 1 rings (SSSR count). The van der Waals surface area contributed by atoms with Crippen molar-refractivity contribution in [3.8, 4) is 17.2 Å². The second-order valence-electron chi connectivity index (χ2n) is 6.76. The Morgan fingerprint density at radius 3 is 1.84 bits per heavy atom. The van der Waals surface area contributed by atoms with Crippen LogP contribution in [0.15, 0.2) is 18.2 Å². The molecule has 4 heteroatoms. The average Bonchev–Trinajstić information content (AvgIpc) is 2.59. The molecule has 0 aromatic heterocycles. The first-order chi connectivity index (χ1) is 12.1. The zero-order chi connectivity index (χ0) is 18.3. The van der Waals surface area contributed by atoms with Crippen molar-refractivity contribution >= 4 is 5.97 Å². The Morgan fingerprint density at radius 2 is 1.32 bits per heavy atom. The molecular formula is C21H34O4. The molecule has 0 atom stereocenters. The highest BCUT2D eigenvalue weighted by atomic mass is 16.5. The summed E-state index contributed by atoms with van der Waals surface area (Å²) >= 11 is 0. The number of ether oxygens (including phenoxy) is 1. The van der Waals surface area contributed by atoms with Gasteiger partial charge in [0.1, 0.15) is 5.75 Å². The van der Waals surface area contributed by atoms with Crippen LogP contribution < -0.4 is 4.74 Å². The van der Waals surface area contributed by atoms with E-state index in [2.05, 4.69) is 6.92 Å². The molecule has 0 heterocycles. The quantitative estimate of drug-likeness (QED) is 0.184. The maximum absolute atomic E-state index is 11.7. The Bertz CT molecular complexity index is 485. The van der Waals surface area contributed by atoms with Gasteiger partial charge in [-0.25, -0.2) is 0 Å². The minimum atomic E-state index is -0.294. The van der Waals surface area contributed by atoms with E-state index in [1.165, 1.54) is 82.4 Å². The lowest BCUT2D eigenvalue weighted by Crippen LogP contribution is -2.07. The highest BCUT2D eigenvalue weighted by Crippen LogP contribution is 2.28. The van der Waals surface area contributed by atoms with Crippen molar-refractivity contribution in [3.63, 3.8) is 0 Å². The van der Waals surface area contributed by atoms with Gasteiger partial charge in [0.25, 0.3) is 0 Å². The second-order valence-corrected chi connectivity index (χ2v) is 6.76. The van der Waals surface area contributed by atoms with Gasteiger partial charge >= 0.3 is 5.97 Å². The summed E-state index contributed by atoms with van der Waals surface area (Å²) in [7, 11) is 0. The van der Waals surface area contributed by atoms with Crippen molar-refractivity contribution in [2.45, 2.75) is 90.4 Å². The number of esters is 1. The van der Waals surface area contributed by atoms with Gasteiger partial charge in [0.2, 0.25) is 0 Å². The number of benzene rings is 1. The van der Waals surface area contributed by atoms with E-state index in [4.69, 9.17) is 4.74 Å². The van der Waals surface area contributed by atoms with Gasteiger partial charge in [-0.2, -0.15) is 0 Å². The molecule has 0 fully saturated rings. The average molecular weight is 350 g/mol. The number of rotatable bonds is 14. The van der Waals surface area contributed by atoms with Crippen LogP contribution >= 0.6 is 0 Å². The molecule has 0 radical (unpaired) electrons. The second kappa shape index (κ2) is 13.6. The molecule has 0 amide bonds. The first-order valence-corrected chi connectivity index (χ1v) is 9.86. The molecule has 0 saturated heterocycles. The predicted molar refractivity (Wildman–Crippen MR) is 101 cm³/mol. The predicted octanol–water partition coefficient (Wildman–Crippen LogP) is 6.09. The molecule has 0 bridgehead atoms. The van der Waals surface area contributed by atoms with Gasteiger partial charge < -0.3 is 14.9 Å². The van der Waals surface area contributed by atoms with Crippen molar-refractivity contribution in [1.29, 1.82) is 0 Å². The molecule has 142 valence electrons. The third-order valence-electron chi connectivity index (χ3n) is 4.41. The highest BCUT2D eigenvalue weighted by molar-refractivity contribution is 5.72. The molecule has 0 spiro atoms. The van der Waals surface area contributed by atoms with Crippen LogP contribution in [0.3, 0.4) is 0 Å². The van der Waals surface area contributed by atoms with E-state index in [-0.39, 0.29) is 23.2 Å². The number of hydrogen-bond donors (Lipinski definition) is 2. The van der Waals surface area contributed by atoms with Crippen LogP contribution in [0.5, 0.6) is 17.2 Å². The SMILES string of the molecule is CCCCCCCCCCCCCCC(=O)Oc1ccc(O)c(O)c1. The Kier molecular flexibility index (Phi) is 11.6. The van der Waals surface area contributed by atoms with Crippen molar-refractivity contribution in [1.82, 2.24) is 0 Å². The third-order valence-corrected chi connectivity index (χ3v) is 4.41. The summed E-state index contributed by atoms with van der Waals surface area (Å²) in [6.07, 6.45) is 15.5. The van der Waals surface area contributed by atoms with Crippen molar-refractivity contribution in [3.05, 3.63) is 18.2 Å². The molecule has 25 heavy (non-hydrogen) atoms. The van der Waals surface area contributed by atoms with Gasteiger partial charge in [-0.15, -0.1) is 0 Å². The van der Waals surface area contributed by atoms with Crippen molar-refractivity contribution in [2.75, 3.05) is 0 Å². The van der Waals surface area contributed by atoms with Gasteiger partial charge in [0.05, 0.1) is 0 Å². The molecule has 0 unspecified atom stereocenters. The zero-order valence-corrected chi connectivity index (χ0v) is 15.6. The minimum Gasteiger partial charge on any atom is -0.504 e. The Balaban J connectivity index is 1.93. The standard InChI is InChI=1S/C21H34O4/c1-2-3-4-5-6-7-8-9-10-11-12-13-14-21(24)25-18-15-16-19(22)20(23)17-18/h15-17,22-23H,2-14H2,1H3. The van der Waals surface area contributed by atoms with Crippen molar-refractivity contribution in [2.24, 2.45) is 0 Å². The summed E-state index contributed by atoms with van der Waals surface area (Å²) in [6.45, 7) is 2.25. The number of phenols is 2. The molecular weight excluding hydrogens is 316 g/mol. The first-order valence-electron chi connectivity index (χ1n) is 9.86. The van der Waals surface area contributed by atoms with Crippen LogP contribution in [0, 0.1) is 0 Å². The monoisotopic (exact) mass is 350 g/mol. The number of unbranched alkanes of at least 4 members (excludes halogenated alkanes) is 11. The number of phenolic OH excluding ortho intramolecular Hbond substituents is 2. The Morgan fingerprint density at radius 1 is 0.800 bits per heavy atom. The molecule has 0 saturated carbocycles. The summed E-state index contributed by atoms with van der Waals surface area (Å²) in [5.74, 6) is -0.534. The van der Waals surface area contributed by atoms with E-state index in [0.717, 1.165) is 12.8 Å². The lowest BCUT2D eigenvalue weighted by molar-refractivity contribution is -0.134. The van der Waals surface area contributed by atoms with Crippen LogP contribution in [0.4, 0.5) is 0 Å². The van der Waals surface area contributed by atoms with E-state index in [9.17, 15) is 15.0 Å². The van der Waals surface area contributed by atoms with Crippen LogP contribution in [0.25, 0.3) is 0 Å². The molecule has 0 aliphatic heterocycles.